The Kier molecular flexibility index (Phi) is 5.22. The molecule has 0 N–H and O–H groups in total. The van der Waals surface area contributed by atoms with Crippen molar-refractivity contribution in [3.05, 3.63) is 29.3 Å². The van der Waals surface area contributed by atoms with E-state index >= 15 is 0 Å². The van der Waals surface area contributed by atoms with Gasteiger partial charge in [0.2, 0.25) is 0 Å². The second-order valence-electron chi connectivity index (χ2n) is 5.41. The maximum atomic E-state index is 9.16. The van der Waals surface area contributed by atoms with E-state index in [2.05, 4.69) is 45.9 Å². The molecule has 2 nitrogen and oxygen atoms in total. The maximum Gasteiger partial charge on any atom is 0.122 e. The summed E-state index contributed by atoms with van der Waals surface area (Å²) in [5.74, 6) is 1.84. The van der Waals surface area contributed by atoms with Gasteiger partial charge in [0, 0.05) is 0 Å². The van der Waals surface area contributed by atoms with E-state index in [9.17, 15) is 0 Å². The number of ether oxygens (including phenoxy) is 1. The summed E-state index contributed by atoms with van der Waals surface area (Å²) in [6.07, 6.45) is 0.817. The van der Waals surface area contributed by atoms with E-state index in [0.717, 1.165) is 12.2 Å². The Balaban J connectivity index is 2.98. The maximum absolute atomic E-state index is 9.16. The predicted octanol–water partition coefficient (Wildman–Crippen LogP) is 4.16. The fraction of sp³-hybridized carbons (Fsp3) is 0.562. The lowest BCUT2D eigenvalue weighted by Crippen LogP contribution is -2.10. The van der Waals surface area contributed by atoms with Crippen molar-refractivity contribution in [1.82, 2.24) is 0 Å². The molecule has 0 aliphatic rings. The van der Waals surface area contributed by atoms with E-state index in [1.54, 1.807) is 7.11 Å². The first-order chi connectivity index (χ1) is 8.49. The molecule has 1 aromatic rings. The lowest BCUT2D eigenvalue weighted by atomic mass is 9.89. The van der Waals surface area contributed by atoms with Gasteiger partial charge < -0.3 is 4.74 Å². The topological polar surface area (TPSA) is 33.0 Å². The van der Waals surface area contributed by atoms with Crippen LogP contribution in [-0.4, -0.2) is 7.11 Å². The van der Waals surface area contributed by atoms with Gasteiger partial charge in [-0.1, -0.05) is 39.8 Å². The third-order valence-corrected chi connectivity index (χ3v) is 3.34. The first-order valence-corrected chi connectivity index (χ1v) is 6.56. The molecular weight excluding hydrogens is 222 g/mol. The zero-order valence-corrected chi connectivity index (χ0v) is 12.0. The van der Waals surface area contributed by atoms with Crippen LogP contribution in [-0.2, 0) is 6.42 Å². The van der Waals surface area contributed by atoms with Gasteiger partial charge in [0.15, 0.2) is 0 Å². The first-order valence-electron chi connectivity index (χ1n) is 6.56. The molecule has 18 heavy (non-hydrogen) atoms. The summed E-state index contributed by atoms with van der Waals surface area (Å²) >= 11 is 0. The summed E-state index contributed by atoms with van der Waals surface area (Å²) in [6, 6.07) is 8.65. The molecule has 0 aromatic heterocycles. The van der Waals surface area contributed by atoms with Crippen molar-refractivity contribution in [3.8, 4) is 11.8 Å². The molecule has 0 spiro atoms. The van der Waals surface area contributed by atoms with Crippen molar-refractivity contribution in [2.75, 3.05) is 7.11 Å². The summed E-state index contributed by atoms with van der Waals surface area (Å²) in [5.41, 5.74) is 2.44. The van der Waals surface area contributed by atoms with Crippen LogP contribution in [0.3, 0.4) is 0 Å². The molecule has 1 rings (SSSR count). The molecule has 0 saturated heterocycles. The monoisotopic (exact) mass is 245 g/mol. The minimum Gasteiger partial charge on any atom is -0.496 e. The van der Waals surface area contributed by atoms with Crippen molar-refractivity contribution in [1.29, 1.82) is 5.26 Å². The van der Waals surface area contributed by atoms with Crippen LogP contribution in [0.15, 0.2) is 18.2 Å². The summed E-state index contributed by atoms with van der Waals surface area (Å²) in [6.45, 7) is 8.51. The average molecular weight is 245 g/mol. The molecule has 2 heteroatoms. The van der Waals surface area contributed by atoms with Crippen molar-refractivity contribution in [2.45, 2.75) is 40.0 Å². The molecule has 0 amide bonds. The third kappa shape index (κ3) is 3.50. The molecule has 0 bridgehead atoms. The molecule has 98 valence electrons. The Labute approximate surface area is 111 Å². The normalized spacial score (nSPS) is 12.6. The predicted molar refractivity (Wildman–Crippen MR) is 74.7 cm³/mol. The molecule has 0 fully saturated rings. The number of benzene rings is 1. The fourth-order valence-electron chi connectivity index (χ4n) is 2.05. The summed E-state index contributed by atoms with van der Waals surface area (Å²) in [7, 11) is 1.70. The van der Waals surface area contributed by atoms with Crippen LogP contribution in [0.2, 0.25) is 0 Å². The van der Waals surface area contributed by atoms with E-state index in [4.69, 9.17) is 10.00 Å². The van der Waals surface area contributed by atoms with Crippen LogP contribution in [0.5, 0.6) is 5.75 Å². The molecule has 0 aliphatic heterocycles. The largest absolute Gasteiger partial charge is 0.496 e. The minimum absolute atomic E-state index is 0.0819. The lowest BCUT2D eigenvalue weighted by molar-refractivity contribution is 0.407. The van der Waals surface area contributed by atoms with Crippen LogP contribution < -0.4 is 4.74 Å². The Hall–Kier alpha value is -1.49. The van der Waals surface area contributed by atoms with Crippen molar-refractivity contribution in [3.63, 3.8) is 0 Å². The highest BCUT2D eigenvalue weighted by molar-refractivity contribution is 5.39. The van der Waals surface area contributed by atoms with Gasteiger partial charge in [0.1, 0.15) is 5.75 Å². The van der Waals surface area contributed by atoms with Gasteiger partial charge >= 0.3 is 0 Å². The molecule has 0 heterocycles. The highest BCUT2D eigenvalue weighted by Gasteiger charge is 2.15. The molecule has 0 radical (unpaired) electrons. The highest BCUT2D eigenvalue weighted by Crippen LogP contribution is 2.28. The molecule has 1 unspecified atom stereocenters. The van der Waals surface area contributed by atoms with Crippen molar-refractivity contribution < 1.29 is 4.74 Å². The Morgan fingerprint density at radius 1 is 1.22 bits per heavy atom. The van der Waals surface area contributed by atoms with Gasteiger partial charge in [0.25, 0.3) is 0 Å². The second kappa shape index (κ2) is 6.44. The zero-order valence-electron chi connectivity index (χ0n) is 12.0. The Morgan fingerprint density at radius 2 is 1.89 bits per heavy atom. The number of nitrogens with zero attached hydrogens (tertiary/aromatic N) is 1. The molecule has 0 aliphatic carbocycles. The SMILES string of the molecule is COc1ccc(CC(C#N)C(C)C)cc1C(C)C. The Bertz CT molecular complexity index is 429. The first kappa shape index (κ1) is 14.6. The zero-order chi connectivity index (χ0) is 13.7. The van der Waals surface area contributed by atoms with Gasteiger partial charge in [-0.2, -0.15) is 5.26 Å². The number of hydrogen-bond acceptors (Lipinski definition) is 2. The van der Waals surface area contributed by atoms with Crippen molar-refractivity contribution in [2.24, 2.45) is 11.8 Å². The summed E-state index contributed by atoms with van der Waals surface area (Å²) in [4.78, 5) is 0. The van der Waals surface area contributed by atoms with E-state index in [1.165, 1.54) is 11.1 Å². The lowest BCUT2D eigenvalue weighted by Gasteiger charge is -2.16. The van der Waals surface area contributed by atoms with E-state index in [-0.39, 0.29) is 5.92 Å². The van der Waals surface area contributed by atoms with Crippen molar-refractivity contribution >= 4 is 0 Å². The standard InChI is InChI=1S/C16H23NO/c1-11(2)14(10-17)8-13-6-7-16(18-5)15(9-13)12(3)4/h6-7,9,11-12,14H,8H2,1-5H3. The molecule has 0 saturated carbocycles. The minimum atomic E-state index is 0.0819. The van der Waals surface area contributed by atoms with Gasteiger partial charge in [-0.25, -0.2) is 0 Å². The van der Waals surface area contributed by atoms with E-state index in [0.29, 0.717) is 11.8 Å². The highest BCUT2D eigenvalue weighted by atomic mass is 16.5. The van der Waals surface area contributed by atoms with Gasteiger partial charge in [-0.15, -0.1) is 0 Å². The fourth-order valence-corrected chi connectivity index (χ4v) is 2.05. The van der Waals surface area contributed by atoms with Crippen LogP contribution >= 0.6 is 0 Å². The van der Waals surface area contributed by atoms with Crippen LogP contribution in [0.25, 0.3) is 0 Å². The van der Waals surface area contributed by atoms with Gasteiger partial charge in [0.05, 0.1) is 19.1 Å². The summed E-state index contributed by atoms with van der Waals surface area (Å²) < 4.78 is 5.38. The smallest absolute Gasteiger partial charge is 0.122 e. The van der Waals surface area contributed by atoms with Crippen LogP contribution in [0, 0.1) is 23.2 Å². The molecule has 1 atom stereocenters. The quantitative estimate of drug-likeness (QED) is 0.780. The molecule has 1 aromatic carbocycles. The Morgan fingerprint density at radius 3 is 2.33 bits per heavy atom. The number of hydrogen-bond donors (Lipinski definition) is 0. The van der Waals surface area contributed by atoms with E-state index in [1.807, 2.05) is 6.07 Å². The number of rotatable bonds is 5. The van der Waals surface area contributed by atoms with Gasteiger partial charge in [-0.05, 0) is 35.4 Å². The number of methoxy groups -OCH3 is 1. The average Bonchev–Trinajstić information content (AvgIpc) is 2.35. The van der Waals surface area contributed by atoms with Crippen LogP contribution in [0.1, 0.15) is 44.7 Å². The second-order valence-corrected chi connectivity index (χ2v) is 5.41. The summed E-state index contributed by atoms with van der Waals surface area (Å²) in [5, 5.41) is 9.16. The van der Waals surface area contributed by atoms with E-state index < -0.39 is 0 Å². The molecular formula is C16H23NO. The third-order valence-electron chi connectivity index (χ3n) is 3.34. The number of nitriles is 1. The van der Waals surface area contributed by atoms with Gasteiger partial charge in [-0.3, -0.25) is 0 Å². The van der Waals surface area contributed by atoms with Crippen LogP contribution in [0.4, 0.5) is 0 Å².